The van der Waals surface area contributed by atoms with Gasteiger partial charge >= 0.3 is 0 Å². The van der Waals surface area contributed by atoms with Gasteiger partial charge in [0.2, 0.25) is 0 Å². The van der Waals surface area contributed by atoms with Crippen LogP contribution in [0.5, 0.6) is 0 Å². The van der Waals surface area contributed by atoms with Crippen molar-refractivity contribution in [2.45, 2.75) is 46.1 Å². The van der Waals surface area contributed by atoms with E-state index in [1.54, 1.807) is 0 Å². The highest BCUT2D eigenvalue weighted by molar-refractivity contribution is 9.10. The van der Waals surface area contributed by atoms with Crippen molar-refractivity contribution in [3.05, 3.63) is 34.1 Å². The summed E-state index contributed by atoms with van der Waals surface area (Å²) in [4.78, 5) is 0. The first-order valence-corrected chi connectivity index (χ1v) is 7.48. The molecule has 0 bridgehead atoms. The lowest BCUT2D eigenvalue weighted by Crippen LogP contribution is -2.20. The van der Waals surface area contributed by atoms with Gasteiger partial charge in [0, 0.05) is 10.5 Å². The van der Waals surface area contributed by atoms with Crippen molar-refractivity contribution in [1.29, 1.82) is 0 Å². The molecular formula is C15H23BrFN. The maximum Gasteiger partial charge on any atom is 0.124 e. The van der Waals surface area contributed by atoms with Crippen molar-refractivity contribution >= 4 is 15.9 Å². The minimum absolute atomic E-state index is 0.199. The maximum atomic E-state index is 13.0. The highest BCUT2D eigenvalue weighted by atomic mass is 79.9. The summed E-state index contributed by atoms with van der Waals surface area (Å²) in [6.45, 7) is 7.63. The second kappa shape index (κ2) is 7.90. The van der Waals surface area contributed by atoms with Crippen LogP contribution in [0.4, 0.5) is 4.39 Å². The van der Waals surface area contributed by atoms with Crippen LogP contribution in [0.2, 0.25) is 0 Å². The zero-order valence-electron chi connectivity index (χ0n) is 11.5. The van der Waals surface area contributed by atoms with Gasteiger partial charge in [-0.3, -0.25) is 0 Å². The molecule has 0 saturated carbocycles. The molecule has 0 spiro atoms. The second-order valence-corrected chi connectivity index (χ2v) is 6.09. The van der Waals surface area contributed by atoms with Crippen LogP contribution < -0.4 is 5.32 Å². The van der Waals surface area contributed by atoms with Gasteiger partial charge < -0.3 is 5.32 Å². The van der Waals surface area contributed by atoms with Crippen molar-refractivity contribution in [1.82, 2.24) is 5.32 Å². The molecule has 0 aromatic heterocycles. The summed E-state index contributed by atoms with van der Waals surface area (Å²) in [6.07, 6.45) is 3.75. The van der Waals surface area contributed by atoms with Gasteiger partial charge in [0.25, 0.3) is 0 Å². The number of unbranched alkanes of at least 4 members (excludes halogenated alkanes) is 1. The largest absolute Gasteiger partial charge is 0.310 e. The number of rotatable bonds is 7. The molecular weight excluding hydrogens is 293 g/mol. The molecule has 1 aromatic carbocycles. The molecule has 0 heterocycles. The first kappa shape index (κ1) is 15.6. The highest BCUT2D eigenvalue weighted by Gasteiger charge is 2.09. The quantitative estimate of drug-likeness (QED) is 0.693. The molecule has 0 amide bonds. The maximum absolute atomic E-state index is 13.0. The minimum atomic E-state index is -0.199. The van der Waals surface area contributed by atoms with Crippen molar-refractivity contribution < 1.29 is 4.39 Å². The molecule has 0 fully saturated rings. The van der Waals surface area contributed by atoms with Gasteiger partial charge in [-0.2, -0.15) is 0 Å². The van der Waals surface area contributed by atoms with Crippen molar-refractivity contribution in [3.8, 4) is 0 Å². The second-order valence-electron chi connectivity index (χ2n) is 5.23. The van der Waals surface area contributed by atoms with Gasteiger partial charge in [0.05, 0.1) is 0 Å². The van der Waals surface area contributed by atoms with Crippen LogP contribution in [0, 0.1) is 11.7 Å². The normalized spacial score (nSPS) is 13.0. The summed E-state index contributed by atoms with van der Waals surface area (Å²) in [7, 11) is 0. The molecule has 0 saturated heterocycles. The SMILES string of the molecule is CC(C)CCCCNC(C)c1ccc(F)cc1Br. The lowest BCUT2D eigenvalue weighted by Gasteiger charge is -2.16. The number of benzene rings is 1. The Labute approximate surface area is 118 Å². The van der Waals surface area contributed by atoms with E-state index in [1.807, 2.05) is 6.07 Å². The van der Waals surface area contributed by atoms with Crippen LogP contribution in [0.3, 0.4) is 0 Å². The fourth-order valence-electron chi connectivity index (χ4n) is 1.96. The summed E-state index contributed by atoms with van der Waals surface area (Å²) in [5.74, 6) is 0.587. The topological polar surface area (TPSA) is 12.0 Å². The van der Waals surface area contributed by atoms with Crippen LogP contribution in [0.15, 0.2) is 22.7 Å². The Bertz CT molecular complexity index is 366. The van der Waals surface area contributed by atoms with E-state index in [9.17, 15) is 4.39 Å². The van der Waals surface area contributed by atoms with E-state index in [2.05, 4.69) is 42.0 Å². The highest BCUT2D eigenvalue weighted by Crippen LogP contribution is 2.24. The van der Waals surface area contributed by atoms with Gasteiger partial charge in [0.15, 0.2) is 0 Å². The molecule has 102 valence electrons. The average molecular weight is 316 g/mol. The molecule has 0 aliphatic rings. The van der Waals surface area contributed by atoms with E-state index in [0.717, 1.165) is 22.5 Å². The number of hydrogen-bond donors (Lipinski definition) is 1. The summed E-state index contributed by atoms with van der Waals surface area (Å²) in [5.41, 5.74) is 1.11. The lowest BCUT2D eigenvalue weighted by atomic mass is 10.1. The Kier molecular flexibility index (Phi) is 6.87. The third-order valence-electron chi connectivity index (χ3n) is 3.09. The molecule has 1 atom stereocenters. The summed E-state index contributed by atoms with van der Waals surface area (Å²) < 4.78 is 13.8. The molecule has 3 heteroatoms. The summed E-state index contributed by atoms with van der Waals surface area (Å²) in [5, 5.41) is 3.48. The number of halogens is 2. The molecule has 0 radical (unpaired) electrons. The zero-order valence-corrected chi connectivity index (χ0v) is 13.1. The van der Waals surface area contributed by atoms with Crippen molar-refractivity contribution in [3.63, 3.8) is 0 Å². The van der Waals surface area contributed by atoms with Crippen LogP contribution in [0.25, 0.3) is 0 Å². The van der Waals surface area contributed by atoms with Crippen LogP contribution in [-0.4, -0.2) is 6.54 Å². The lowest BCUT2D eigenvalue weighted by molar-refractivity contribution is 0.497. The summed E-state index contributed by atoms with van der Waals surface area (Å²) >= 11 is 3.41. The van der Waals surface area contributed by atoms with E-state index in [4.69, 9.17) is 0 Å². The molecule has 0 aliphatic carbocycles. The van der Waals surface area contributed by atoms with Gasteiger partial charge in [-0.05, 0) is 43.5 Å². The van der Waals surface area contributed by atoms with E-state index in [0.29, 0.717) is 0 Å². The van der Waals surface area contributed by atoms with Gasteiger partial charge in [-0.1, -0.05) is 48.7 Å². The van der Waals surface area contributed by atoms with Crippen LogP contribution in [-0.2, 0) is 0 Å². The molecule has 18 heavy (non-hydrogen) atoms. The zero-order chi connectivity index (χ0) is 13.5. The molecule has 1 N–H and O–H groups in total. The van der Waals surface area contributed by atoms with E-state index in [1.165, 1.54) is 31.4 Å². The van der Waals surface area contributed by atoms with Gasteiger partial charge in [-0.25, -0.2) is 4.39 Å². The first-order chi connectivity index (χ1) is 8.50. The number of nitrogens with one attached hydrogen (secondary N) is 1. The smallest absolute Gasteiger partial charge is 0.124 e. The molecule has 0 aliphatic heterocycles. The first-order valence-electron chi connectivity index (χ1n) is 6.69. The minimum Gasteiger partial charge on any atom is -0.310 e. The van der Waals surface area contributed by atoms with Gasteiger partial charge in [0.1, 0.15) is 5.82 Å². The third kappa shape index (κ3) is 5.49. The predicted octanol–water partition coefficient (Wildman–Crippen LogP) is 5.07. The fraction of sp³-hybridized carbons (Fsp3) is 0.600. The summed E-state index contributed by atoms with van der Waals surface area (Å²) in [6, 6.07) is 5.12. The van der Waals surface area contributed by atoms with E-state index in [-0.39, 0.29) is 11.9 Å². The van der Waals surface area contributed by atoms with Gasteiger partial charge in [-0.15, -0.1) is 0 Å². The molecule has 1 nitrogen and oxygen atoms in total. The Hall–Kier alpha value is -0.410. The predicted molar refractivity (Wildman–Crippen MR) is 79.2 cm³/mol. The Morgan fingerprint density at radius 2 is 1.94 bits per heavy atom. The Morgan fingerprint density at radius 1 is 1.22 bits per heavy atom. The fourth-order valence-corrected chi connectivity index (χ4v) is 2.65. The third-order valence-corrected chi connectivity index (χ3v) is 3.77. The van der Waals surface area contributed by atoms with Crippen LogP contribution in [0.1, 0.15) is 51.6 Å². The van der Waals surface area contributed by atoms with E-state index >= 15 is 0 Å². The Balaban J connectivity index is 2.34. The van der Waals surface area contributed by atoms with E-state index < -0.39 is 0 Å². The molecule has 1 aromatic rings. The average Bonchev–Trinajstić information content (AvgIpc) is 2.27. The monoisotopic (exact) mass is 315 g/mol. The standard InChI is InChI=1S/C15H23BrFN/c1-11(2)6-4-5-9-18-12(3)14-8-7-13(17)10-15(14)16/h7-8,10-12,18H,4-6,9H2,1-3H3. The van der Waals surface area contributed by atoms with Crippen LogP contribution >= 0.6 is 15.9 Å². The molecule has 1 rings (SSSR count). The molecule has 1 unspecified atom stereocenters. The Morgan fingerprint density at radius 3 is 2.56 bits per heavy atom. The number of hydrogen-bond acceptors (Lipinski definition) is 1. The van der Waals surface area contributed by atoms with Crippen molar-refractivity contribution in [2.75, 3.05) is 6.54 Å². The van der Waals surface area contributed by atoms with Crippen molar-refractivity contribution in [2.24, 2.45) is 5.92 Å².